The molecule has 2 nitrogen and oxygen atoms in total. The molecular formula is C13H19NO. The molecule has 0 bridgehead atoms. The van der Waals surface area contributed by atoms with E-state index in [2.05, 4.69) is 37.5 Å². The summed E-state index contributed by atoms with van der Waals surface area (Å²) in [4.78, 5) is 13.5. The monoisotopic (exact) mass is 205 g/mol. The molecule has 0 aliphatic heterocycles. The molecule has 0 aromatic heterocycles. The van der Waals surface area contributed by atoms with E-state index in [4.69, 9.17) is 0 Å². The Labute approximate surface area is 93.0 Å². The zero-order chi connectivity index (χ0) is 11.7. The van der Waals surface area contributed by atoms with E-state index in [1.807, 2.05) is 0 Å². The van der Waals surface area contributed by atoms with Gasteiger partial charge in [-0.3, -0.25) is 4.79 Å². The second kappa shape index (κ2) is 7.94. The summed E-state index contributed by atoms with van der Waals surface area (Å²) < 4.78 is 0. The molecule has 0 unspecified atom stereocenters. The number of carbonyl (C=O) groups excluding carboxylic acids is 1. The fraction of sp³-hybridized carbons (Fsp3) is 0.615. The molecule has 0 saturated carbocycles. The molecule has 0 rings (SSSR count). The topological polar surface area (TPSA) is 20.3 Å². The van der Waals surface area contributed by atoms with Crippen molar-refractivity contribution in [2.75, 3.05) is 13.1 Å². The van der Waals surface area contributed by atoms with Crippen LogP contribution in [0.5, 0.6) is 0 Å². The van der Waals surface area contributed by atoms with Crippen LogP contribution in [0.1, 0.15) is 34.1 Å². The van der Waals surface area contributed by atoms with Gasteiger partial charge < -0.3 is 4.90 Å². The Morgan fingerprint density at radius 2 is 1.80 bits per heavy atom. The Hall–Kier alpha value is -1.41. The summed E-state index contributed by atoms with van der Waals surface area (Å²) in [6, 6.07) is 0. The van der Waals surface area contributed by atoms with Crippen LogP contribution in [-0.2, 0) is 4.79 Å². The summed E-state index contributed by atoms with van der Waals surface area (Å²) in [5.41, 5.74) is 0. The highest BCUT2D eigenvalue weighted by Crippen LogP contribution is 2.00. The quantitative estimate of drug-likeness (QED) is 0.642. The van der Waals surface area contributed by atoms with Gasteiger partial charge in [0.05, 0.1) is 13.0 Å². The van der Waals surface area contributed by atoms with E-state index in [-0.39, 0.29) is 5.91 Å². The van der Waals surface area contributed by atoms with E-state index in [0.717, 1.165) is 6.54 Å². The molecule has 0 spiro atoms. The molecule has 0 N–H and O–H groups in total. The number of carbonyl (C=O) groups is 1. The van der Waals surface area contributed by atoms with Gasteiger partial charge in [-0.25, -0.2) is 0 Å². The van der Waals surface area contributed by atoms with E-state index in [9.17, 15) is 4.79 Å². The maximum Gasteiger partial charge on any atom is 0.235 e. The van der Waals surface area contributed by atoms with Gasteiger partial charge in [-0.15, -0.1) is 11.8 Å². The Morgan fingerprint density at radius 3 is 2.27 bits per heavy atom. The highest BCUT2D eigenvalue weighted by atomic mass is 16.2. The standard InChI is InChI=1S/C13H19NO/c1-5-7-9-13(15)14(10-8-6-2)11-12(3)4/h12H,9-11H2,1-4H3. The maximum atomic E-state index is 11.7. The largest absolute Gasteiger partial charge is 0.330 e. The van der Waals surface area contributed by atoms with Gasteiger partial charge in [-0.2, -0.15) is 0 Å². The van der Waals surface area contributed by atoms with Crippen molar-refractivity contribution in [3.8, 4) is 23.7 Å². The lowest BCUT2D eigenvalue weighted by molar-refractivity contribution is -0.129. The summed E-state index contributed by atoms with van der Waals surface area (Å²) in [5, 5.41) is 0. The molecule has 0 atom stereocenters. The summed E-state index contributed by atoms with van der Waals surface area (Å²) in [5.74, 6) is 11.8. The number of rotatable bonds is 4. The normalized spacial score (nSPS) is 8.60. The second-order valence-electron chi connectivity index (χ2n) is 3.70. The molecule has 0 saturated heterocycles. The molecule has 0 fully saturated rings. The van der Waals surface area contributed by atoms with Crippen LogP contribution in [-0.4, -0.2) is 23.9 Å². The highest BCUT2D eigenvalue weighted by Gasteiger charge is 2.12. The average Bonchev–Trinajstić information content (AvgIpc) is 2.20. The van der Waals surface area contributed by atoms with Crippen molar-refractivity contribution in [3.63, 3.8) is 0 Å². The predicted molar refractivity (Wildman–Crippen MR) is 62.9 cm³/mol. The van der Waals surface area contributed by atoms with Gasteiger partial charge >= 0.3 is 0 Å². The van der Waals surface area contributed by atoms with Crippen molar-refractivity contribution >= 4 is 5.91 Å². The molecule has 0 aromatic carbocycles. The summed E-state index contributed by atoms with van der Waals surface area (Å²) in [7, 11) is 0. The van der Waals surface area contributed by atoms with Crippen LogP contribution < -0.4 is 0 Å². The molecule has 0 aliphatic carbocycles. The lowest BCUT2D eigenvalue weighted by atomic mass is 10.2. The van der Waals surface area contributed by atoms with E-state index in [0.29, 0.717) is 18.9 Å². The van der Waals surface area contributed by atoms with Crippen LogP contribution in [0.4, 0.5) is 0 Å². The van der Waals surface area contributed by atoms with Crippen LogP contribution in [0.3, 0.4) is 0 Å². The number of nitrogens with zero attached hydrogens (tertiary/aromatic N) is 1. The van der Waals surface area contributed by atoms with E-state index in [1.54, 1.807) is 18.7 Å². The van der Waals surface area contributed by atoms with Crippen LogP contribution in [0.25, 0.3) is 0 Å². The lowest BCUT2D eigenvalue weighted by Gasteiger charge is -2.21. The van der Waals surface area contributed by atoms with Gasteiger partial charge in [0.2, 0.25) is 5.91 Å². The molecule has 82 valence electrons. The Morgan fingerprint density at radius 1 is 1.20 bits per heavy atom. The first-order valence-corrected chi connectivity index (χ1v) is 5.18. The first-order valence-electron chi connectivity index (χ1n) is 5.18. The fourth-order valence-electron chi connectivity index (χ4n) is 1.15. The van der Waals surface area contributed by atoms with Gasteiger partial charge in [0.15, 0.2) is 0 Å². The third-order valence-electron chi connectivity index (χ3n) is 1.80. The zero-order valence-electron chi connectivity index (χ0n) is 10.1. The average molecular weight is 205 g/mol. The van der Waals surface area contributed by atoms with Crippen LogP contribution in [0, 0.1) is 29.6 Å². The van der Waals surface area contributed by atoms with Crippen LogP contribution in [0.2, 0.25) is 0 Å². The van der Waals surface area contributed by atoms with Crippen molar-refractivity contribution in [2.45, 2.75) is 34.1 Å². The van der Waals surface area contributed by atoms with Crippen LogP contribution in [0.15, 0.2) is 0 Å². The molecule has 15 heavy (non-hydrogen) atoms. The SMILES string of the molecule is CC#CCC(=O)N(CC#CC)CC(C)C. The Balaban J connectivity index is 4.34. The van der Waals surface area contributed by atoms with Crippen molar-refractivity contribution in [3.05, 3.63) is 0 Å². The molecule has 0 aliphatic rings. The Bertz CT molecular complexity index is 309. The predicted octanol–water partition coefficient (Wildman–Crippen LogP) is 1.91. The zero-order valence-corrected chi connectivity index (χ0v) is 10.1. The molecule has 0 heterocycles. The molecule has 1 amide bonds. The summed E-state index contributed by atoms with van der Waals surface area (Å²) in [6.45, 7) is 8.96. The van der Waals surface area contributed by atoms with Crippen molar-refractivity contribution in [1.29, 1.82) is 0 Å². The van der Waals surface area contributed by atoms with Gasteiger partial charge in [0, 0.05) is 6.54 Å². The Kier molecular flexibility index (Phi) is 7.20. The highest BCUT2D eigenvalue weighted by molar-refractivity contribution is 5.78. The van der Waals surface area contributed by atoms with Crippen molar-refractivity contribution in [1.82, 2.24) is 4.90 Å². The first-order chi connectivity index (χ1) is 7.11. The van der Waals surface area contributed by atoms with Gasteiger partial charge in [-0.05, 0) is 19.8 Å². The third kappa shape index (κ3) is 6.63. The molecular weight excluding hydrogens is 186 g/mol. The van der Waals surface area contributed by atoms with Gasteiger partial charge in [-0.1, -0.05) is 25.7 Å². The summed E-state index contributed by atoms with van der Waals surface area (Å²) >= 11 is 0. The van der Waals surface area contributed by atoms with E-state index >= 15 is 0 Å². The van der Waals surface area contributed by atoms with Gasteiger partial charge in [0.25, 0.3) is 0 Å². The smallest absolute Gasteiger partial charge is 0.235 e. The molecule has 0 radical (unpaired) electrons. The van der Waals surface area contributed by atoms with E-state index < -0.39 is 0 Å². The van der Waals surface area contributed by atoms with E-state index in [1.165, 1.54) is 0 Å². The van der Waals surface area contributed by atoms with Crippen molar-refractivity contribution in [2.24, 2.45) is 5.92 Å². The third-order valence-corrected chi connectivity index (χ3v) is 1.80. The number of amides is 1. The summed E-state index contributed by atoms with van der Waals surface area (Å²) in [6.07, 6.45) is 0.300. The van der Waals surface area contributed by atoms with Crippen LogP contribution >= 0.6 is 0 Å². The van der Waals surface area contributed by atoms with Crippen molar-refractivity contribution < 1.29 is 4.79 Å². The fourth-order valence-corrected chi connectivity index (χ4v) is 1.15. The van der Waals surface area contributed by atoms with Gasteiger partial charge in [0.1, 0.15) is 0 Å². The number of hydrogen-bond donors (Lipinski definition) is 0. The lowest BCUT2D eigenvalue weighted by Crippen LogP contribution is -2.34. The minimum Gasteiger partial charge on any atom is -0.330 e. The second-order valence-corrected chi connectivity index (χ2v) is 3.70. The maximum absolute atomic E-state index is 11.7. The first kappa shape index (κ1) is 13.6. The number of hydrogen-bond acceptors (Lipinski definition) is 1. The molecule has 2 heteroatoms. The molecule has 0 aromatic rings. The minimum absolute atomic E-state index is 0.0702. The minimum atomic E-state index is 0.0702.